The maximum atomic E-state index is 12.4. The van der Waals surface area contributed by atoms with Gasteiger partial charge < -0.3 is 5.32 Å². The summed E-state index contributed by atoms with van der Waals surface area (Å²) in [6.45, 7) is 5.30. The molecule has 1 aromatic heterocycles. The Balaban J connectivity index is 1.34. The van der Waals surface area contributed by atoms with Crippen LogP contribution in [-0.4, -0.2) is 21.4 Å². The van der Waals surface area contributed by atoms with Gasteiger partial charge in [0.05, 0.1) is 18.0 Å². The third-order valence-corrected chi connectivity index (χ3v) is 6.25. The number of carbonyl (C=O) groups excluding carboxylic acids is 1. The summed E-state index contributed by atoms with van der Waals surface area (Å²) in [6, 6.07) is 24.9. The first-order valence-corrected chi connectivity index (χ1v) is 11.0. The lowest BCUT2D eigenvalue weighted by atomic mass is 10.1. The van der Waals surface area contributed by atoms with E-state index >= 15 is 0 Å². The van der Waals surface area contributed by atoms with Gasteiger partial charge in [-0.1, -0.05) is 60.7 Å². The summed E-state index contributed by atoms with van der Waals surface area (Å²) < 4.78 is 2.01. The summed E-state index contributed by atoms with van der Waals surface area (Å²) in [5, 5.41) is 10.1. The van der Waals surface area contributed by atoms with Crippen LogP contribution in [0.25, 0.3) is 10.8 Å². The van der Waals surface area contributed by atoms with Gasteiger partial charge in [-0.25, -0.2) is 0 Å². The van der Waals surface area contributed by atoms with Crippen LogP contribution >= 0.6 is 11.8 Å². The van der Waals surface area contributed by atoms with Crippen molar-refractivity contribution in [3.8, 4) is 0 Å². The van der Waals surface area contributed by atoms with Gasteiger partial charge in [0.25, 0.3) is 0 Å². The molecule has 0 aliphatic rings. The van der Waals surface area contributed by atoms with E-state index in [2.05, 4.69) is 59.8 Å². The molecular weight excluding hydrogens is 390 g/mol. The predicted octanol–water partition coefficient (Wildman–Crippen LogP) is 5.11. The standard InChI is InChI=1S/C25H25N3OS/c1-18-24(19(2)28(27-18)16-20-8-4-3-5-9-20)15-26-25(29)17-30-23-13-12-21-10-6-7-11-22(21)14-23/h3-14H,15-17H2,1-2H3,(H,26,29). The summed E-state index contributed by atoms with van der Waals surface area (Å²) in [5.74, 6) is 0.428. The number of aryl methyl sites for hydroxylation is 1. The number of rotatable bonds is 7. The predicted molar refractivity (Wildman–Crippen MR) is 124 cm³/mol. The van der Waals surface area contributed by atoms with Gasteiger partial charge in [0.15, 0.2) is 0 Å². The van der Waals surface area contributed by atoms with E-state index in [0.29, 0.717) is 12.3 Å². The molecule has 0 atom stereocenters. The number of nitrogens with one attached hydrogen (secondary N) is 1. The molecule has 1 N–H and O–H groups in total. The van der Waals surface area contributed by atoms with E-state index < -0.39 is 0 Å². The highest BCUT2D eigenvalue weighted by atomic mass is 32.2. The normalized spacial score (nSPS) is 11.0. The Kier molecular flexibility index (Phi) is 6.19. The minimum atomic E-state index is 0.0303. The number of hydrogen-bond donors (Lipinski definition) is 1. The number of nitrogens with zero attached hydrogens (tertiary/aromatic N) is 2. The zero-order chi connectivity index (χ0) is 20.9. The molecule has 0 fully saturated rings. The van der Waals surface area contributed by atoms with Crippen molar-refractivity contribution in [2.45, 2.75) is 31.8 Å². The summed E-state index contributed by atoms with van der Waals surface area (Å²) in [5.41, 5.74) is 4.37. The van der Waals surface area contributed by atoms with Crippen molar-refractivity contribution >= 4 is 28.4 Å². The number of hydrogen-bond acceptors (Lipinski definition) is 3. The number of fused-ring (bicyclic) bond motifs is 1. The second kappa shape index (κ2) is 9.18. The highest BCUT2D eigenvalue weighted by Gasteiger charge is 2.13. The van der Waals surface area contributed by atoms with Gasteiger partial charge in [-0.15, -0.1) is 11.8 Å². The molecule has 0 aliphatic carbocycles. The fraction of sp³-hybridized carbons (Fsp3) is 0.200. The summed E-state index contributed by atoms with van der Waals surface area (Å²) in [7, 11) is 0. The lowest BCUT2D eigenvalue weighted by Gasteiger charge is -2.08. The molecular formula is C25H25N3OS. The maximum absolute atomic E-state index is 12.4. The Hall–Kier alpha value is -3.05. The maximum Gasteiger partial charge on any atom is 0.230 e. The average molecular weight is 416 g/mol. The largest absolute Gasteiger partial charge is 0.351 e. The molecule has 0 saturated heterocycles. The number of aromatic nitrogens is 2. The molecule has 4 rings (SSSR count). The third-order valence-electron chi connectivity index (χ3n) is 5.26. The fourth-order valence-corrected chi connectivity index (χ4v) is 4.32. The summed E-state index contributed by atoms with van der Waals surface area (Å²) >= 11 is 1.56. The zero-order valence-corrected chi connectivity index (χ0v) is 18.1. The Morgan fingerprint density at radius 2 is 1.70 bits per heavy atom. The van der Waals surface area contributed by atoms with Gasteiger partial charge in [0.1, 0.15) is 0 Å². The highest BCUT2D eigenvalue weighted by Crippen LogP contribution is 2.23. The molecule has 5 heteroatoms. The number of thioether (sulfide) groups is 1. The lowest BCUT2D eigenvalue weighted by molar-refractivity contribution is -0.118. The van der Waals surface area contributed by atoms with Crippen LogP contribution in [0.4, 0.5) is 0 Å². The third kappa shape index (κ3) is 4.74. The quantitative estimate of drug-likeness (QED) is 0.427. The van der Waals surface area contributed by atoms with Gasteiger partial charge in [0, 0.05) is 22.7 Å². The monoisotopic (exact) mass is 415 g/mol. The second-order valence-corrected chi connectivity index (χ2v) is 8.42. The Morgan fingerprint density at radius 3 is 2.50 bits per heavy atom. The van der Waals surface area contributed by atoms with Crippen molar-refractivity contribution in [3.05, 3.63) is 95.3 Å². The molecule has 30 heavy (non-hydrogen) atoms. The van der Waals surface area contributed by atoms with Crippen molar-refractivity contribution in [2.75, 3.05) is 5.75 Å². The molecule has 0 saturated carbocycles. The topological polar surface area (TPSA) is 46.9 Å². The molecule has 4 nitrogen and oxygen atoms in total. The van der Waals surface area contributed by atoms with E-state index in [1.807, 2.05) is 41.9 Å². The second-order valence-electron chi connectivity index (χ2n) is 7.37. The number of benzene rings is 3. The fourth-order valence-electron chi connectivity index (χ4n) is 3.54. The van der Waals surface area contributed by atoms with E-state index in [1.54, 1.807) is 11.8 Å². The number of amides is 1. The highest BCUT2D eigenvalue weighted by molar-refractivity contribution is 8.00. The first kappa shape index (κ1) is 20.2. The number of carbonyl (C=O) groups is 1. The van der Waals surface area contributed by atoms with Crippen molar-refractivity contribution in [1.29, 1.82) is 0 Å². The first-order valence-electron chi connectivity index (χ1n) is 10.1. The molecule has 0 radical (unpaired) electrons. The zero-order valence-electron chi connectivity index (χ0n) is 17.3. The molecule has 1 amide bonds. The molecule has 1 heterocycles. The van der Waals surface area contributed by atoms with Crippen LogP contribution in [0.2, 0.25) is 0 Å². The van der Waals surface area contributed by atoms with Gasteiger partial charge in [0.2, 0.25) is 5.91 Å². The lowest BCUT2D eigenvalue weighted by Crippen LogP contribution is -2.25. The molecule has 152 valence electrons. The average Bonchev–Trinajstić information content (AvgIpc) is 3.03. The first-order chi connectivity index (χ1) is 14.6. The van der Waals surface area contributed by atoms with Crippen LogP contribution < -0.4 is 5.32 Å². The molecule has 0 bridgehead atoms. The van der Waals surface area contributed by atoms with Crippen molar-refractivity contribution in [1.82, 2.24) is 15.1 Å². The molecule has 0 unspecified atom stereocenters. The van der Waals surface area contributed by atoms with Gasteiger partial charge in [-0.2, -0.15) is 5.10 Å². The van der Waals surface area contributed by atoms with Crippen molar-refractivity contribution in [3.63, 3.8) is 0 Å². The van der Waals surface area contributed by atoms with Crippen LogP contribution in [0, 0.1) is 13.8 Å². The Bertz CT molecular complexity index is 1170. The van der Waals surface area contributed by atoms with E-state index in [0.717, 1.165) is 28.4 Å². The van der Waals surface area contributed by atoms with Crippen molar-refractivity contribution < 1.29 is 4.79 Å². The van der Waals surface area contributed by atoms with E-state index in [1.165, 1.54) is 16.3 Å². The van der Waals surface area contributed by atoms with Gasteiger partial charge in [-0.05, 0) is 42.3 Å². The van der Waals surface area contributed by atoms with E-state index in [4.69, 9.17) is 0 Å². The van der Waals surface area contributed by atoms with Gasteiger partial charge in [-0.3, -0.25) is 9.48 Å². The molecule has 0 aliphatic heterocycles. The van der Waals surface area contributed by atoms with Crippen LogP contribution in [-0.2, 0) is 17.9 Å². The van der Waals surface area contributed by atoms with Crippen LogP contribution in [0.3, 0.4) is 0 Å². The Labute approximate surface area is 181 Å². The summed E-state index contributed by atoms with van der Waals surface area (Å²) in [6.07, 6.45) is 0. The molecule has 3 aromatic carbocycles. The molecule has 4 aromatic rings. The van der Waals surface area contributed by atoms with Crippen LogP contribution in [0.1, 0.15) is 22.5 Å². The minimum Gasteiger partial charge on any atom is -0.351 e. The minimum absolute atomic E-state index is 0.0303. The smallest absolute Gasteiger partial charge is 0.230 e. The molecule has 0 spiro atoms. The van der Waals surface area contributed by atoms with E-state index in [9.17, 15) is 4.79 Å². The SMILES string of the molecule is Cc1nn(Cc2ccccc2)c(C)c1CNC(=O)CSc1ccc2ccccc2c1. The Morgan fingerprint density at radius 1 is 0.967 bits per heavy atom. The van der Waals surface area contributed by atoms with Crippen LogP contribution in [0.5, 0.6) is 0 Å². The summed E-state index contributed by atoms with van der Waals surface area (Å²) in [4.78, 5) is 13.5. The van der Waals surface area contributed by atoms with Gasteiger partial charge >= 0.3 is 0 Å². The van der Waals surface area contributed by atoms with Crippen LogP contribution in [0.15, 0.2) is 77.7 Å². The van der Waals surface area contributed by atoms with E-state index in [-0.39, 0.29) is 5.91 Å². The van der Waals surface area contributed by atoms with Crippen molar-refractivity contribution in [2.24, 2.45) is 0 Å².